The number of rotatable bonds is 5. The Morgan fingerprint density at radius 1 is 1.10 bits per heavy atom. The molecule has 4 aliphatic carbocycles. The van der Waals surface area contributed by atoms with Crippen molar-refractivity contribution in [3.63, 3.8) is 0 Å². The van der Waals surface area contributed by atoms with E-state index in [1.54, 1.807) is 0 Å². The van der Waals surface area contributed by atoms with Crippen molar-refractivity contribution < 1.29 is 23.9 Å². The highest BCUT2D eigenvalue weighted by Gasteiger charge is 2.67. The maximum Gasteiger partial charge on any atom is 0.329 e. The minimum atomic E-state index is -1.08. The fourth-order valence-corrected chi connectivity index (χ4v) is 6.03. The zero-order valence-corrected chi connectivity index (χ0v) is 17.6. The zero-order valence-electron chi connectivity index (χ0n) is 16.1. The number of nitrogens with zero attached hydrogens (tertiary/aromatic N) is 1. The maximum absolute atomic E-state index is 13.1. The Bertz CT molecular complexity index is 985. The summed E-state index contributed by atoms with van der Waals surface area (Å²) in [5.41, 5.74) is 0.183. The lowest BCUT2D eigenvalue weighted by molar-refractivity contribution is -0.157. The predicted molar refractivity (Wildman–Crippen MR) is 108 cm³/mol. The Labute approximate surface area is 183 Å². The van der Waals surface area contributed by atoms with E-state index < -0.39 is 24.4 Å². The third-order valence-corrected chi connectivity index (χ3v) is 7.55. The van der Waals surface area contributed by atoms with E-state index in [1.165, 1.54) is 25.1 Å². The first-order chi connectivity index (χ1) is 14.3. The molecule has 1 aliphatic heterocycles. The molecule has 2 amide bonds. The topological polar surface area (TPSA) is 80.8 Å². The molecule has 7 atom stereocenters. The molecule has 0 aromatic heterocycles. The number of ketones is 1. The van der Waals surface area contributed by atoms with E-state index in [-0.39, 0.29) is 46.1 Å². The molecule has 0 radical (unpaired) electrons. The molecule has 0 unspecified atom stereocenters. The van der Waals surface area contributed by atoms with Crippen molar-refractivity contribution >= 4 is 46.8 Å². The van der Waals surface area contributed by atoms with Gasteiger partial charge in [0, 0.05) is 10.6 Å². The van der Waals surface area contributed by atoms with Crippen LogP contribution in [0.3, 0.4) is 0 Å². The van der Waals surface area contributed by atoms with Crippen molar-refractivity contribution in [2.45, 2.75) is 19.4 Å². The monoisotopic (exact) mass is 447 g/mol. The fraction of sp³-hybridized carbons (Fsp3) is 0.455. The number of ether oxygens (including phenoxy) is 1. The molecule has 3 fully saturated rings. The van der Waals surface area contributed by atoms with E-state index in [0.29, 0.717) is 16.9 Å². The second-order valence-electron chi connectivity index (χ2n) is 8.53. The Hall–Kier alpha value is -2.18. The molecule has 2 saturated carbocycles. The summed E-state index contributed by atoms with van der Waals surface area (Å²) in [6, 6.07) is 3.31. The molecule has 0 N–H and O–H groups in total. The molecule has 6 nitrogen and oxygen atoms in total. The number of hydrogen-bond acceptors (Lipinski definition) is 5. The van der Waals surface area contributed by atoms with Crippen molar-refractivity contribution in [2.24, 2.45) is 35.5 Å². The lowest BCUT2D eigenvalue weighted by Gasteiger charge is -2.37. The van der Waals surface area contributed by atoms with Gasteiger partial charge >= 0.3 is 5.97 Å². The molecule has 0 spiro atoms. The van der Waals surface area contributed by atoms with Crippen LogP contribution in [0.15, 0.2) is 30.4 Å². The van der Waals surface area contributed by atoms with Gasteiger partial charge < -0.3 is 4.74 Å². The van der Waals surface area contributed by atoms with Crippen LogP contribution in [-0.4, -0.2) is 41.1 Å². The normalized spacial score (nSPS) is 33.9. The van der Waals surface area contributed by atoms with Crippen LogP contribution in [0.25, 0.3) is 0 Å². The second-order valence-corrected chi connectivity index (χ2v) is 9.38. The van der Waals surface area contributed by atoms with Crippen molar-refractivity contribution in [3.05, 3.63) is 46.0 Å². The van der Waals surface area contributed by atoms with Gasteiger partial charge in [-0.05, 0) is 55.2 Å². The lowest BCUT2D eigenvalue weighted by Crippen LogP contribution is -2.45. The summed E-state index contributed by atoms with van der Waals surface area (Å²) < 4.78 is 5.13. The van der Waals surface area contributed by atoms with Crippen LogP contribution in [0.2, 0.25) is 10.0 Å². The number of allylic oxidation sites excluding steroid dienone is 2. The third-order valence-electron chi connectivity index (χ3n) is 7.00. The third kappa shape index (κ3) is 2.84. The molecule has 1 aromatic carbocycles. The van der Waals surface area contributed by atoms with E-state index >= 15 is 0 Å². The van der Waals surface area contributed by atoms with Gasteiger partial charge in [0.2, 0.25) is 17.6 Å². The highest BCUT2D eigenvalue weighted by atomic mass is 35.5. The average Bonchev–Trinajstić information content (AvgIpc) is 3.49. The summed E-state index contributed by atoms with van der Waals surface area (Å²) in [6.45, 7) is 0.926. The summed E-state index contributed by atoms with van der Waals surface area (Å²) in [5.74, 6) is -1.48. The highest BCUT2D eigenvalue weighted by molar-refractivity contribution is 6.36. The number of likely N-dealkylation sites (tertiary alicyclic amines) is 1. The van der Waals surface area contributed by atoms with Gasteiger partial charge in [0.1, 0.15) is 6.04 Å². The molecule has 6 rings (SSSR count). The molecule has 30 heavy (non-hydrogen) atoms. The molecular weight excluding hydrogens is 429 g/mol. The first kappa shape index (κ1) is 19.8. The number of hydrogen-bond donors (Lipinski definition) is 0. The quantitative estimate of drug-likeness (QED) is 0.299. The summed E-state index contributed by atoms with van der Waals surface area (Å²) in [5, 5.41) is 0.544. The van der Waals surface area contributed by atoms with Crippen molar-refractivity contribution in [3.8, 4) is 0 Å². The van der Waals surface area contributed by atoms with Crippen LogP contribution >= 0.6 is 23.2 Å². The van der Waals surface area contributed by atoms with Crippen molar-refractivity contribution in [2.75, 3.05) is 6.61 Å². The molecule has 156 valence electrons. The second kappa shape index (κ2) is 6.92. The smallest absolute Gasteiger partial charge is 0.329 e. The minimum Gasteiger partial charge on any atom is -0.456 e. The molecule has 8 heteroatoms. The average molecular weight is 448 g/mol. The number of imide groups is 1. The van der Waals surface area contributed by atoms with E-state index in [4.69, 9.17) is 27.9 Å². The van der Waals surface area contributed by atoms with Gasteiger partial charge in [-0.15, -0.1) is 0 Å². The van der Waals surface area contributed by atoms with E-state index in [0.717, 1.165) is 11.3 Å². The highest BCUT2D eigenvalue weighted by Crippen LogP contribution is 2.65. The lowest BCUT2D eigenvalue weighted by atomic mass is 9.63. The van der Waals surface area contributed by atoms with Crippen LogP contribution in [-0.2, 0) is 19.1 Å². The maximum atomic E-state index is 13.1. The number of Topliss-reactive ketones (excluding diaryl/α,β-unsaturated/α-hetero) is 1. The number of halogens is 2. The van der Waals surface area contributed by atoms with Crippen LogP contribution < -0.4 is 0 Å². The zero-order chi connectivity index (χ0) is 21.3. The van der Waals surface area contributed by atoms with Gasteiger partial charge in [-0.1, -0.05) is 35.4 Å². The van der Waals surface area contributed by atoms with E-state index in [2.05, 4.69) is 12.2 Å². The van der Waals surface area contributed by atoms with Gasteiger partial charge in [-0.2, -0.15) is 0 Å². The Balaban J connectivity index is 1.27. The molecule has 1 saturated heterocycles. The molecule has 1 heterocycles. The molecule has 2 bridgehead atoms. The standard InChI is InChI=1S/C22H19Cl2NO5/c1-9(22(29)30-8-17(26)13-3-2-10(23)6-16(13)24)25-20(27)18-11-4-5-12(15-7-14(11)15)19(18)21(25)28/h2-6,9,11-12,14-15,18-19H,7-8H2,1H3/t9-,11+,12+,14-,15+,18-,19-/m0/s1. The number of carbonyl (C=O) groups is 4. The first-order valence-corrected chi connectivity index (χ1v) is 10.8. The van der Waals surface area contributed by atoms with Crippen LogP contribution in [0.5, 0.6) is 0 Å². The number of benzene rings is 1. The van der Waals surface area contributed by atoms with Crippen LogP contribution in [0, 0.1) is 35.5 Å². The predicted octanol–water partition coefficient (Wildman–Crippen LogP) is 3.16. The molecule has 1 aromatic rings. The number of amides is 2. The van der Waals surface area contributed by atoms with Crippen LogP contribution in [0.1, 0.15) is 23.7 Å². The van der Waals surface area contributed by atoms with Gasteiger partial charge in [0.05, 0.1) is 16.9 Å². The Morgan fingerprint density at radius 3 is 2.27 bits per heavy atom. The van der Waals surface area contributed by atoms with Gasteiger partial charge in [-0.25, -0.2) is 4.79 Å². The van der Waals surface area contributed by atoms with Crippen LogP contribution in [0.4, 0.5) is 0 Å². The summed E-state index contributed by atoms with van der Waals surface area (Å²) >= 11 is 11.8. The van der Waals surface area contributed by atoms with Crippen molar-refractivity contribution in [1.82, 2.24) is 4.90 Å². The molecule has 5 aliphatic rings. The minimum absolute atomic E-state index is 0.0864. The van der Waals surface area contributed by atoms with Gasteiger partial charge in [0.15, 0.2) is 6.61 Å². The van der Waals surface area contributed by atoms with E-state index in [9.17, 15) is 19.2 Å². The van der Waals surface area contributed by atoms with Gasteiger partial charge in [-0.3, -0.25) is 19.3 Å². The van der Waals surface area contributed by atoms with E-state index in [1.807, 2.05) is 0 Å². The first-order valence-electron chi connectivity index (χ1n) is 9.99. The SMILES string of the molecule is C[C@@H](C(=O)OCC(=O)c1ccc(Cl)cc1Cl)N1C(=O)[C@H]2[C@@H]3C=C[C@H]([C@@H]4C[C@H]34)[C@@H]2C1=O. The summed E-state index contributed by atoms with van der Waals surface area (Å²) in [6.07, 6.45) is 5.22. The largest absolute Gasteiger partial charge is 0.456 e. The Morgan fingerprint density at radius 2 is 1.70 bits per heavy atom. The number of carbonyl (C=O) groups excluding carboxylic acids is 4. The fourth-order valence-electron chi connectivity index (χ4n) is 5.52. The van der Waals surface area contributed by atoms with Crippen molar-refractivity contribution in [1.29, 1.82) is 0 Å². The van der Waals surface area contributed by atoms with Gasteiger partial charge in [0.25, 0.3) is 0 Å². The molecular formula is C22H19Cl2NO5. The Kier molecular flexibility index (Phi) is 4.56. The number of esters is 1. The summed E-state index contributed by atoms with van der Waals surface area (Å²) in [7, 11) is 0. The summed E-state index contributed by atoms with van der Waals surface area (Å²) in [4.78, 5) is 52.1.